The molecule has 2 heterocycles. The first kappa shape index (κ1) is 30.3. The number of aromatic nitrogens is 1. The lowest BCUT2D eigenvalue weighted by molar-refractivity contribution is 0.804. The highest BCUT2D eigenvalue weighted by Gasteiger charge is 2.40. The highest BCUT2D eigenvalue weighted by molar-refractivity contribution is 8.00. The third-order valence-corrected chi connectivity index (χ3v) is 12.2. The Kier molecular flexibility index (Phi) is 7.34. The molecule has 51 heavy (non-hydrogen) atoms. The standard InChI is InChI=1S/C48H32ClNS/c49-35-27-23-33(24-28-35)43-39-19-7-8-20-40(39)46-45(32-15-5-2-6-16-32)47(51-48(46)44(43)31-13-3-1-4-14-31)34-25-29-36(30-26-34)50-41-21-11-9-17-37(41)38-18-10-12-22-42(38)50/h1-30,45,47H. The fourth-order valence-electron chi connectivity index (χ4n) is 8.29. The highest BCUT2D eigenvalue weighted by atomic mass is 35.5. The molecular formula is C48H32ClNS. The first-order chi connectivity index (χ1) is 25.2. The molecule has 1 aliphatic heterocycles. The number of fused-ring (bicyclic) bond motifs is 6. The van der Waals surface area contributed by atoms with Crippen molar-refractivity contribution in [1.82, 2.24) is 4.57 Å². The molecule has 0 N–H and O–H groups in total. The quantitative estimate of drug-likeness (QED) is 0.174. The summed E-state index contributed by atoms with van der Waals surface area (Å²) < 4.78 is 2.40. The largest absolute Gasteiger partial charge is 0.309 e. The first-order valence-corrected chi connectivity index (χ1v) is 18.7. The van der Waals surface area contributed by atoms with Gasteiger partial charge in [0.2, 0.25) is 0 Å². The summed E-state index contributed by atoms with van der Waals surface area (Å²) in [6.07, 6.45) is 0. The summed E-state index contributed by atoms with van der Waals surface area (Å²) in [5.41, 5.74) is 12.7. The van der Waals surface area contributed by atoms with Crippen LogP contribution in [0, 0.1) is 0 Å². The summed E-state index contributed by atoms with van der Waals surface area (Å²) in [7, 11) is 0. The monoisotopic (exact) mass is 689 g/mol. The van der Waals surface area contributed by atoms with Crippen molar-refractivity contribution in [2.45, 2.75) is 16.1 Å². The maximum Gasteiger partial charge on any atom is 0.0541 e. The Morgan fingerprint density at radius 3 is 1.61 bits per heavy atom. The van der Waals surface area contributed by atoms with Crippen LogP contribution in [0.2, 0.25) is 5.02 Å². The lowest BCUT2D eigenvalue weighted by Crippen LogP contribution is -2.07. The van der Waals surface area contributed by atoms with Gasteiger partial charge in [0.1, 0.15) is 0 Å². The summed E-state index contributed by atoms with van der Waals surface area (Å²) in [5.74, 6) is 0.164. The van der Waals surface area contributed by atoms with Crippen molar-refractivity contribution in [1.29, 1.82) is 0 Å². The molecule has 2 unspecified atom stereocenters. The third kappa shape index (κ3) is 4.93. The third-order valence-electron chi connectivity index (χ3n) is 10.5. The average molecular weight is 690 g/mol. The van der Waals surface area contributed by atoms with Gasteiger partial charge in [0.25, 0.3) is 0 Å². The maximum atomic E-state index is 6.44. The zero-order valence-corrected chi connectivity index (χ0v) is 29.3. The first-order valence-electron chi connectivity index (χ1n) is 17.4. The Morgan fingerprint density at radius 1 is 0.431 bits per heavy atom. The number of nitrogens with zero attached hydrogens (tertiary/aromatic N) is 1. The van der Waals surface area contributed by atoms with E-state index in [1.165, 1.54) is 82.1 Å². The van der Waals surface area contributed by atoms with Crippen molar-refractivity contribution < 1.29 is 0 Å². The molecule has 0 radical (unpaired) electrons. The van der Waals surface area contributed by atoms with E-state index in [1.54, 1.807) is 0 Å². The van der Waals surface area contributed by atoms with E-state index < -0.39 is 0 Å². The van der Waals surface area contributed by atoms with Gasteiger partial charge in [-0.15, -0.1) is 11.8 Å². The van der Waals surface area contributed by atoms with Gasteiger partial charge in [0.05, 0.1) is 11.0 Å². The SMILES string of the molecule is Clc1ccc(-c2c(-c3ccccc3)c3c(c4ccccc24)C(c2ccccc2)C(c2ccc(-n4c5ccccc5c5ccccc54)cc2)S3)cc1. The molecule has 0 saturated heterocycles. The predicted octanol–water partition coefficient (Wildman–Crippen LogP) is 13.9. The molecule has 0 fully saturated rings. The molecular weight excluding hydrogens is 658 g/mol. The second-order valence-electron chi connectivity index (χ2n) is 13.3. The van der Waals surface area contributed by atoms with Gasteiger partial charge in [0, 0.05) is 43.1 Å². The summed E-state index contributed by atoms with van der Waals surface area (Å²) in [6, 6.07) is 66.2. The van der Waals surface area contributed by atoms with Gasteiger partial charge in [-0.1, -0.05) is 157 Å². The number of hydrogen-bond donors (Lipinski definition) is 0. The molecule has 8 aromatic carbocycles. The van der Waals surface area contributed by atoms with Gasteiger partial charge in [-0.3, -0.25) is 0 Å². The van der Waals surface area contributed by atoms with Crippen LogP contribution in [0.15, 0.2) is 187 Å². The average Bonchev–Trinajstić information content (AvgIpc) is 3.76. The van der Waals surface area contributed by atoms with Crippen LogP contribution in [-0.2, 0) is 0 Å². The van der Waals surface area contributed by atoms with Gasteiger partial charge in [0.15, 0.2) is 0 Å². The summed E-state index contributed by atoms with van der Waals surface area (Å²) in [6.45, 7) is 0. The fourth-order valence-corrected chi connectivity index (χ4v) is 10.1. The molecule has 0 saturated carbocycles. The van der Waals surface area contributed by atoms with Crippen molar-refractivity contribution in [3.05, 3.63) is 204 Å². The summed E-state index contributed by atoms with van der Waals surface area (Å²) >= 11 is 8.45. The maximum absolute atomic E-state index is 6.44. The van der Waals surface area contributed by atoms with Crippen LogP contribution in [0.5, 0.6) is 0 Å². The van der Waals surface area contributed by atoms with Crippen molar-refractivity contribution >= 4 is 55.9 Å². The second-order valence-corrected chi connectivity index (χ2v) is 14.9. The minimum Gasteiger partial charge on any atom is -0.309 e. The van der Waals surface area contributed by atoms with E-state index >= 15 is 0 Å². The van der Waals surface area contributed by atoms with Crippen LogP contribution in [0.25, 0.3) is 60.5 Å². The number of para-hydroxylation sites is 2. The predicted molar refractivity (Wildman–Crippen MR) is 217 cm³/mol. The van der Waals surface area contributed by atoms with Gasteiger partial charge >= 0.3 is 0 Å². The number of halogens is 1. The van der Waals surface area contributed by atoms with Crippen molar-refractivity contribution in [3.63, 3.8) is 0 Å². The van der Waals surface area contributed by atoms with Crippen LogP contribution in [0.3, 0.4) is 0 Å². The second kappa shape index (κ2) is 12.3. The number of hydrogen-bond acceptors (Lipinski definition) is 1. The Hall–Kier alpha value is -5.54. The van der Waals surface area contributed by atoms with E-state index in [0.717, 1.165) is 5.02 Å². The van der Waals surface area contributed by atoms with Gasteiger partial charge in [-0.25, -0.2) is 0 Å². The van der Waals surface area contributed by atoms with Gasteiger partial charge in [-0.05, 0) is 80.6 Å². The normalized spacial score (nSPS) is 15.5. The van der Waals surface area contributed by atoms with E-state index in [0.29, 0.717) is 0 Å². The van der Waals surface area contributed by atoms with Gasteiger partial charge in [-0.2, -0.15) is 0 Å². The van der Waals surface area contributed by atoms with Crippen LogP contribution in [0.1, 0.15) is 27.9 Å². The van der Waals surface area contributed by atoms with Crippen molar-refractivity contribution in [2.75, 3.05) is 0 Å². The van der Waals surface area contributed by atoms with E-state index in [-0.39, 0.29) is 11.2 Å². The molecule has 1 nitrogen and oxygen atoms in total. The van der Waals surface area contributed by atoms with E-state index in [4.69, 9.17) is 11.6 Å². The van der Waals surface area contributed by atoms with Gasteiger partial charge < -0.3 is 4.57 Å². The van der Waals surface area contributed by atoms with Crippen LogP contribution < -0.4 is 0 Å². The van der Waals surface area contributed by atoms with Crippen molar-refractivity contribution in [2.24, 2.45) is 0 Å². The summed E-state index contributed by atoms with van der Waals surface area (Å²) in [5, 5.41) is 6.05. The molecule has 0 aliphatic carbocycles. The molecule has 1 aromatic heterocycles. The minimum atomic E-state index is 0.164. The Bertz CT molecular complexity index is 2660. The van der Waals surface area contributed by atoms with Crippen LogP contribution in [0.4, 0.5) is 0 Å². The smallest absolute Gasteiger partial charge is 0.0541 e. The number of thioether (sulfide) groups is 1. The molecule has 242 valence electrons. The minimum absolute atomic E-state index is 0.164. The molecule has 0 amide bonds. The number of benzene rings is 8. The van der Waals surface area contributed by atoms with Crippen molar-refractivity contribution in [3.8, 4) is 27.9 Å². The molecule has 3 heteroatoms. The topological polar surface area (TPSA) is 4.93 Å². The zero-order chi connectivity index (χ0) is 33.9. The Labute approximate surface area is 306 Å². The highest BCUT2D eigenvalue weighted by Crippen LogP contribution is 2.63. The molecule has 0 spiro atoms. The zero-order valence-electron chi connectivity index (χ0n) is 27.7. The molecule has 2 atom stereocenters. The van der Waals surface area contributed by atoms with Crippen LogP contribution >= 0.6 is 23.4 Å². The van der Waals surface area contributed by atoms with E-state index in [1.807, 2.05) is 23.9 Å². The molecule has 10 rings (SSSR count). The molecule has 0 bridgehead atoms. The lowest BCUT2D eigenvalue weighted by atomic mass is 9.79. The van der Waals surface area contributed by atoms with E-state index in [9.17, 15) is 0 Å². The summed E-state index contributed by atoms with van der Waals surface area (Å²) in [4.78, 5) is 1.36. The fraction of sp³-hybridized carbons (Fsp3) is 0.0417. The Morgan fingerprint density at radius 2 is 0.961 bits per heavy atom. The number of rotatable bonds is 5. The molecule has 9 aromatic rings. The van der Waals surface area contributed by atoms with E-state index in [2.05, 4.69) is 174 Å². The Balaban J connectivity index is 1.20. The molecule has 1 aliphatic rings. The van der Waals surface area contributed by atoms with Crippen LogP contribution in [-0.4, -0.2) is 4.57 Å². The lowest BCUT2D eigenvalue weighted by Gasteiger charge is -2.23.